The Kier molecular flexibility index (Phi) is 2.39. The Hall–Kier alpha value is -0.640. The second-order valence-corrected chi connectivity index (χ2v) is 4.45. The number of ether oxygens (including phenoxy) is 2. The van der Waals surface area contributed by atoms with E-state index in [2.05, 4.69) is 12.2 Å². The number of aliphatic hydroxyl groups is 1. The minimum absolute atomic E-state index is 0.0396. The molecule has 0 spiro atoms. The number of hydrogen-bond acceptors (Lipinski definition) is 3. The van der Waals surface area contributed by atoms with Crippen molar-refractivity contribution in [3.05, 3.63) is 24.3 Å². The summed E-state index contributed by atoms with van der Waals surface area (Å²) in [5, 5.41) is 9.78. The molecule has 5 atom stereocenters. The van der Waals surface area contributed by atoms with Crippen LogP contribution in [0.5, 0.6) is 0 Å². The van der Waals surface area contributed by atoms with E-state index < -0.39 is 6.10 Å². The molecule has 0 radical (unpaired) electrons. The zero-order chi connectivity index (χ0) is 10.3. The van der Waals surface area contributed by atoms with Gasteiger partial charge in [0.1, 0.15) is 12.2 Å². The van der Waals surface area contributed by atoms with Crippen LogP contribution in [0, 0.1) is 0 Å². The van der Waals surface area contributed by atoms with Crippen molar-refractivity contribution in [1.29, 1.82) is 0 Å². The van der Waals surface area contributed by atoms with E-state index in [1.807, 2.05) is 12.2 Å². The van der Waals surface area contributed by atoms with E-state index in [-0.39, 0.29) is 24.4 Å². The molecule has 0 amide bonds. The molecule has 3 nitrogen and oxygen atoms in total. The Morgan fingerprint density at radius 1 is 0.867 bits per heavy atom. The highest BCUT2D eigenvalue weighted by Gasteiger charge is 2.42. The Labute approximate surface area is 89.4 Å². The molecule has 1 N–H and O–H groups in total. The first-order chi connectivity index (χ1) is 7.34. The van der Waals surface area contributed by atoms with Gasteiger partial charge in [0, 0.05) is 0 Å². The molecule has 0 aromatic rings. The molecule has 3 heteroatoms. The van der Waals surface area contributed by atoms with Crippen LogP contribution in [0.4, 0.5) is 0 Å². The maximum Gasteiger partial charge on any atom is 0.114 e. The largest absolute Gasteiger partial charge is 0.386 e. The molecule has 0 saturated carbocycles. The van der Waals surface area contributed by atoms with E-state index in [4.69, 9.17) is 9.47 Å². The van der Waals surface area contributed by atoms with Gasteiger partial charge in [0.15, 0.2) is 0 Å². The predicted molar refractivity (Wildman–Crippen MR) is 55.5 cm³/mol. The molecule has 5 unspecified atom stereocenters. The molecule has 1 aliphatic heterocycles. The lowest BCUT2D eigenvalue weighted by Gasteiger charge is -2.45. The smallest absolute Gasteiger partial charge is 0.114 e. The highest BCUT2D eigenvalue weighted by molar-refractivity contribution is 5.07. The van der Waals surface area contributed by atoms with Gasteiger partial charge in [0.25, 0.3) is 0 Å². The van der Waals surface area contributed by atoms with E-state index in [0.29, 0.717) is 0 Å². The van der Waals surface area contributed by atoms with Gasteiger partial charge in [-0.1, -0.05) is 24.3 Å². The summed E-state index contributed by atoms with van der Waals surface area (Å²) in [5.74, 6) is 0. The molecule has 3 rings (SSSR count). The van der Waals surface area contributed by atoms with Crippen molar-refractivity contribution in [3.63, 3.8) is 0 Å². The Morgan fingerprint density at radius 3 is 2.33 bits per heavy atom. The number of fused-ring (bicyclic) bond motifs is 2. The Balaban J connectivity index is 1.78. The quantitative estimate of drug-likeness (QED) is 0.607. The molecule has 1 fully saturated rings. The van der Waals surface area contributed by atoms with Crippen molar-refractivity contribution in [3.8, 4) is 0 Å². The van der Waals surface area contributed by atoms with E-state index in [1.54, 1.807) is 0 Å². The van der Waals surface area contributed by atoms with Gasteiger partial charge >= 0.3 is 0 Å². The van der Waals surface area contributed by atoms with Crippen LogP contribution in [0.1, 0.15) is 19.3 Å². The SMILES string of the molecule is OC1C=CCC2OC3CC=CCC3OC12. The standard InChI is InChI=1S/C12H16O3/c13-8-4-3-7-11-12(8)15-10-6-2-1-5-9(10)14-11/h1-4,8-13H,5-7H2. The minimum atomic E-state index is -0.504. The normalized spacial score (nSPS) is 48.5. The van der Waals surface area contributed by atoms with Crippen LogP contribution in [-0.2, 0) is 9.47 Å². The van der Waals surface area contributed by atoms with Crippen LogP contribution < -0.4 is 0 Å². The summed E-state index contributed by atoms with van der Waals surface area (Å²) in [6, 6.07) is 0. The third-order valence-corrected chi connectivity index (χ3v) is 3.40. The predicted octanol–water partition coefficient (Wildman–Crippen LogP) is 1.18. The van der Waals surface area contributed by atoms with Gasteiger partial charge in [0.2, 0.25) is 0 Å². The van der Waals surface area contributed by atoms with E-state index >= 15 is 0 Å². The molecule has 3 aliphatic rings. The second-order valence-electron chi connectivity index (χ2n) is 4.45. The van der Waals surface area contributed by atoms with Crippen molar-refractivity contribution >= 4 is 0 Å². The Morgan fingerprint density at radius 2 is 1.53 bits per heavy atom. The minimum Gasteiger partial charge on any atom is -0.386 e. The van der Waals surface area contributed by atoms with Gasteiger partial charge in [-0.05, 0) is 19.3 Å². The topological polar surface area (TPSA) is 38.7 Å². The van der Waals surface area contributed by atoms with Crippen molar-refractivity contribution in [1.82, 2.24) is 0 Å². The molecular formula is C12H16O3. The average molecular weight is 208 g/mol. The second kappa shape index (κ2) is 3.74. The molecule has 1 saturated heterocycles. The van der Waals surface area contributed by atoms with Crippen LogP contribution in [0.2, 0.25) is 0 Å². The molecular weight excluding hydrogens is 192 g/mol. The van der Waals surface area contributed by atoms with Crippen molar-refractivity contribution < 1.29 is 14.6 Å². The van der Waals surface area contributed by atoms with Gasteiger partial charge in [-0.15, -0.1) is 0 Å². The lowest BCUT2D eigenvalue weighted by molar-refractivity contribution is -0.238. The summed E-state index contributed by atoms with van der Waals surface area (Å²) < 4.78 is 11.9. The van der Waals surface area contributed by atoms with E-state index in [1.165, 1.54) is 0 Å². The zero-order valence-corrected chi connectivity index (χ0v) is 8.58. The summed E-state index contributed by atoms with van der Waals surface area (Å²) in [5.41, 5.74) is 0. The molecule has 1 heterocycles. The van der Waals surface area contributed by atoms with Crippen LogP contribution in [-0.4, -0.2) is 35.6 Å². The lowest BCUT2D eigenvalue weighted by Crippen LogP contribution is -2.54. The highest BCUT2D eigenvalue weighted by Crippen LogP contribution is 2.32. The molecule has 2 aliphatic carbocycles. The summed E-state index contributed by atoms with van der Waals surface area (Å²) in [6.07, 6.45) is 10.5. The van der Waals surface area contributed by atoms with Gasteiger partial charge in [-0.25, -0.2) is 0 Å². The van der Waals surface area contributed by atoms with Gasteiger partial charge in [0.05, 0.1) is 18.3 Å². The molecule has 0 bridgehead atoms. The summed E-state index contributed by atoms with van der Waals surface area (Å²) in [6.45, 7) is 0. The summed E-state index contributed by atoms with van der Waals surface area (Å²) >= 11 is 0. The maximum atomic E-state index is 9.78. The van der Waals surface area contributed by atoms with Crippen LogP contribution >= 0.6 is 0 Å². The van der Waals surface area contributed by atoms with Gasteiger partial charge in [-0.3, -0.25) is 0 Å². The Bertz CT molecular complexity index is 297. The number of hydrogen-bond donors (Lipinski definition) is 1. The first-order valence-corrected chi connectivity index (χ1v) is 5.65. The van der Waals surface area contributed by atoms with Crippen molar-refractivity contribution in [2.24, 2.45) is 0 Å². The van der Waals surface area contributed by atoms with Crippen LogP contribution in [0.25, 0.3) is 0 Å². The molecule has 0 aromatic carbocycles. The van der Waals surface area contributed by atoms with E-state index in [0.717, 1.165) is 19.3 Å². The first-order valence-electron chi connectivity index (χ1n) is 5.65. The lowest BCUT2D eigenvalue weighted by atomic mass is 9.92. The third kappa shape index (κ3) is 1.65. The van der Waals surface area contributed by atoms with Gasteiger partial charge in [-0.2, -0.15) is 0 Å². The number of rotatable bonds is 0. The maximum absolute atomic E-state index is 9.78. The average Bonchev–Trinajstić information content (AvgIpc) is 2.27. The fraction of sp³-hybridized carbons (Fsp3) is 0.667. The molecule has 15 heavy (non-hydrogen) atoms. The zero-order valence-electron chi connectivity index (χ0n) is 8.58. The fourth-order valence-corrected chi connectivity index (χ4v) is 2.59. The highest BCUT2D eigenvalue weighted by atomic mass is 16.6. The molecule has 0 aromatic heterocycles. The third-order valence-electron chi connectivity index (χ3n) is 3.40. The van der Waals surface area contributed by atoms with Crippen LogP contribution in [0.15, 0.2) is 24.3 Å². The molecule has 82 valence electrons. The van der Waals surface area contributed by atoms with Crippen molar-refractivity contribution in [2.45, 2.75) is 49.8 Å². The summed E-state index contributed by atoms with van der Waals surface area (Å²) in [7, 11) is 0. The van der Waals surface area contributed by atoms with Crippen LogP contribution in [0.3, 0.4) is 0 Å². The van der Waals surface area contributed by atoms with E-state index in [9.17, 15) is 5.11 Å². The monoisotopic (exact) mass is 208 g/mol. The van der Waals surface area contributed by atoms with Crippen molar-refractivity contribution in [2.75, 3.05) is 0 Å². The first kappa shape index (κ1) is 9.58. The summed E-state index contributed by atoms with van der Waals surface area (Å²) in [4.78, 5) is 0. The fourth-order valence-electron chi connectivity index (χ4n) is 2.59. The number of aliphatic hydroxyl groups excluding tert-OH is 1. The van der Waals surface area contributed by atoms with Gasteiger partial charge < -0.3 is 14.6 Å².